The van der Waals surface area contributed by atoms with Gasteiger partial charge in [-0.2, -0.15) is 0 Å². The minimum Gasteiger partial charge on any atom is -0.352 e. The smallest absolute Gasteiger partial charge is 0.251 e. The molecule has 0 heterocycles. The lowest BCUT2D eigenvalue weighted by Gasteiger charge is -2.10. The first kappa shape index (κ1) is 17.6. The van der Waals surface area contributed by atoms with Gasteiger partial charge in [0, 0.05) is 12.1 Å². The predicted octanol–water partition coefficient (Wildman–Crippen LogP) is 4.73. The van der Waals surface area contributed by atoms with Crippen LogP contribution in [0.15, 0.2) is 84.9 Å². The minimum absolute atomic E-state index is 0.123. The summed E-state index contributed by atoms with van der Waals surface area (Å²) in [7, 11) is 0. The molecule has 0 spiro atoms. The molecule has 0 saturated carbocycles. The zero-order chi connectivity index (χ0) is 18.2. The van der Waals surface area contributed by atoms with Crippen molar-refractivity contribution in [3.8, 4) is 0 Å². The Morgan fingerprint density at radius 3 is 2.12 bits per heavy atom. The van der Waals surface area contributed by atoms with Crippen LogP contribution >= 0.6 is 0 Å². The number of hydrogen-bond donors (Lipinski definition) is 1. The number of benzene rings is 3. The molecule has 0 aliphatic carbocycles. The van der Waals surface area contributed by atoms with Crippen LogP contribution in [0, 0.1) is 5.82 Å². The second-order valence-electron chi connectivity index (χ2n) is 5.97. The van der Waals surface area contributed by atoms with Crippen LogP contribution < -0.4 is 5.32 Å². The fourth-order valence-electron chi connectivity index (χ4n) is 2.68. The first-order chi connectivity index (χ1) is 12.7. The van der Waals surface area contributed by atoms with Gasteiger partial charge in [0.25, 0.3) is 5.91 Å². The molecule has 3 aromatic rings. The van der Waals surface area contributed by atoms with Gasteiger partial charge in [-0.15, -0.1) is 0 Å². The molecular formula is C23H20FNO. The molecule has 0 radical (unpaired) electrons. The highest BCUT2D eigenvalue weighted by atomic mass is 19.1. The van der Waals surface area contributed by atoms with E-state index >= 15 is 0 Å². The van der Waals surface area contributed by atoms with Crippen molar-refractivity contribution >= 4 is 17.6 Å². The van der Waals surface area contributed by atoms with Crippen molar-refractivity contribution in [2.24, 2.45) is 0 Å². The fraction of sp³-hybridized carbons (Fsp3) is 0.0870. The first-order valence-corrected chi connectivity index (χ1v) is 8.57. The van der Waals surface area contributed by atoms with Gasteiger partial charge in [-0.25, -0.2) is 4.39 Å². The summed E-state index contributed by atoms with van der Waals surface area (Å²) < 4.78 is 13.0. The van der Waals surface area contributed by atoms with Crippen molar-refractivity contribution in [2.45, 2.75) is 6.42 Å². The van der Waals surface area contributed by atoms with E-state index in [1.165, 1.54) is 12.1 Å². The monoisotopic (exact) mass is 345 g/mol. The molecule has 3 heteroatoms. The number of nitrogens with one attached hydrogen (secondary N) is 1. The van der Waals surface area contributed by atoms with Crippen molar-refractivity contribution in [2.75, 3.05) is 6.54 Å². The molecule has 1 N–H and O–H groups in total. The van der Waals surface area contributed by atoms with Crippen molar-refractivity contribution in [3.63, 3.8) is 0 Å². The topological polar surface area (TPSA) is 29.1 Å². The normalized spacial score (nSPS) is 11.2. The Hall–Kier alpha value is -3.20. The lowest BCUT2D eigenvalue weighted by Crippen LogP contribution is -2.26. The number of carbonyl (C=O) groups excluding carboxylic acids is 1. The van der Waals surface area contributed by atoms with Crippen molar-refractivity contribution < 1.29 is 9.18 Å². The summed E-state index contributed by atoms with van der Waals surface area (Å²) in [6.45, 7) is 0.490. The average Bonchev–Trinajstić information content (AvgIpc) is 2.69. The maximum absolute atomic E-state index is 13.0. The third kappa shape index (κ3) is 4.90. The van der Waals surface area contributed by atoms with Gasteiger partial charge >= 0.3 is 0 Å². The Balaban J connectivity index is 1.73. The molecule has 3 rings (SSSR count). The fourth-order valence-corrected chi connectivity index (χ4v) is 2.68. The Morgan fingerprint density at radius 1 is 0.846 bits per heavy atom. The van der Waals surface area contributed by atoms with Gasteiger partial charge in [0.2, 0.25) is 0 Å². The van der Waals surface area contributed by atoms with Crippen molar-refractivity contribution in [1.29, 1.82) is 0 Å². The molecule has 26 heavy (non-hydrogen) atoms. The van der Waals surface area contributed by atoms with E-state index in [1.54, 1.807) is 12.1 Å². The van der Waals surface area contributed by atoms with E-state index in [0.717, 1.165) is 16.7 Å². The maximum Gasteiger partial charge on any atom is 0.251 e. The van der Waals surface area contributed by atoms with Gasteiger partial charge in [0.1, 0.15) is 5.82 Å². The molecular weight excluding hydrogens is 325 g/mol. The first-order valence-electron chi connectivity index (χ1n) is 8.57. The Bertz CT molecular complexity index is 871. The van der Waals surface area contributed by atoms with Crippen LogP contribution in [0.4, 0.5) is 4.39 Å². The summed E-state index contributed by atoms with van der Waals surface area (Å²) in [5.74, 6) is -0.378. The quantitative estimate of drug-likeness (QED) is 0.508. The molecule has 1 amide bonds. The van der Waals surface area contributed by atoms with Gasteiger partial charge in [-0.1, -0.05) is 72.8 Å². The molecule has 3 aromatic carbocycles. The number of carbonyl (C=O) groups is 1. The van der Waals surface area contributed by atoms with Crippen LogP contribution in [0.2, 0.25) is 0 Å². The highest BCUT2D eigenvalue weighted by Gasteiger charge is 2.11. The van der Waals surface area contributed by atoms with Gasteiger partial charge in [-0.05, 0) is 41.3 Å². The van der Waals surface area contributed by atoms with Gasteiger partial charge in [-0.3, -0.25) is 4.79 Å². The summed E-state index contributed by atoms with van der Waals surface area (Å²) in [6, 6.07) is 25.7. The van der Waals surface area contributed by atoms with Gasteiger partial charge in [0.05, 0.1) is 0 Å². The molecule has 0 bridgehead atoms. The number of hydrogen-bond acceptors (Lipinski definition) is 1. The van der Waals surface area contributed by atoms with Crippen LogP contribution in [0.5, 0.6) is 0 Å². The van der Waals surface area contributed by atoms with E-state index in [1.807, 2.05) is 66.7 Å². The van der Waals surface area contributed by atoms with E-state index in [-0.39, 0.29) is 11.7 Å². The third-order valence-electron chi connectivity index (χ3n) is 4.05. The van der Waals surface area contributed by atoms with Crippen LogP contribution in [-0.2, 0) is 11.2 Å². The summed E-state index contributed by atoms with van der Waals surface area (Å²) in [4.78, 5) is 12.8. The van der Waals surface area contributed by atoms with E-state index in [0.29, 0.717) is 18.5 Å². The van der Waals surface area contributed by atoms with E-state index in [2.05, 4.69) is 5.32 Å². The van der Waals surface area contributed by atoms with E-state index in [9.17, 15) is 9.18 Å². The third-order valence-corrected chi connectivity index (χ3v) is 4.05. The lowest BCUT2D eigenvalue weighted by molar-refractivity contribution is -0.115. The van der Waals surface area contributed by atoms with Crippen LogP contribution in [0.1, 0.15) is 16.7 Å². The highest BCUT2D eigenvalue weighted by Crippen LogP contribution is 2.18. The molecule has 0 saturated heterocycles. The standard InChI is InChI=1S/C23H20FNO/c24-21-13-11-18(12-14-21)15-16-25-23(26)22(20-9-5-2-6-10-20)17-19-7-3-1-4-8-19/h1-14,17H,15-16H2,(H,25,26). The molecule has 0 aliphatic heterocycles. The zero-order valence-corrected chi connectivity index (χ0v) is 14.4. The minimum atomic E-state index is -0.255. The van der Waals surface area contributed by atoms with Gasteiger partial charge < -0.3 is 5.32 Å². The number of amides is 1. The molecule has 2 nitrogen and oxygen atoms in total. The molecule has 0 atom stereocenters. The van der Waals surface area contributed by atoms with Crippen LogP contribution in [0.3, 0.4) is 0 Å². The average molecular weight is 345 g/mol. The second kappa shape index (κ2) is 8.77. The summed E-state index contributed by atoms with van der Waals surface area (Å²) in [5, 5.41) is 2.96. The number of halogens is 1. The van der Waals surface area contributed by atoms with E-state index in [4.69, 9.17) is 0 Å². The zero-order valence-electron chi connectivity index (χ0n) is 14.4. The summed E-state index contributed by atoms with van der Waals surface area (Å²) in [5.41, 5.74) is 3.45. The Morgan fingerprint density at radius 2 is 1.46 bits per heavy atom. The Kier molecular flexibility index (Phi) is 5.94. The molecule has 0 unspecified atom stereocenters. The Labute approximate surface area is 153 Å². The summed E-state index contributed by atoms with van der Waals surface area (Å²) >= 11 is 0. The SMILES string of the molecule is O=C(NCCc1ccc(F)cc1)C(=Cc1ccccc1)c1ccccc1. The summed E-state index contributed by atoms with van der Waals surface area (Å²) in [6.07, 6.45) is 2.54. The molecule has 0 aromatic heterocycles. The molecule has 130 valence electrons. The second-order valence-corrected chi connectivity index (χ2v) is 5.97. The molecule has 0 aliphatic rings. The van der Waals surface area contributed by atoms with Crippen LogP contribution in [-0.4, -0.2) is 12.5 Å². The predicted molar refractivity (Wildman–Crippen MR) is 104 cm³/mol. The number of rotatable bonds is 6. The van der Waals surface area contributed by atoms with Crippen molar-refractivity contribution in [3.05, 3.63) is 107 Å². The largest absolute Gasteiger partial charge is 0.352 e. The highest BCUT2D eigenvalue weighted by molar-refractivity contribution is 6.24. The lowest BCUT2D eigenvalue weighted by atomic mass is 10.0. The molecule has 0 fully saturated rings. The maximum atomic E-state index is 13.0. The van der Waals surface area contributed by atoms with Crippen LogP contribution in [0.25, 0.3) is 11.6 Å². The van der Waals surface area contributed by atoms with E-state index < -0.39 is 0 Å². The van der Waals surface area contributed by atoms with Gasteiger partial charge in [0.15, 0.2) is 0 Å². The van der Waals surface area contributed by atoms with Crippen molar-refractivity contribution in [1.82, 2.24) is 5.32 Å².